The van der Waals surface area contributed by atoms with E-state index in [1.54, 1.807) is 0 Å². The highest BCUT2D eigenvalue weighted by Gasteiger charge is 2.29. The largest absolute Gasteiger partial charge is 0.347 e. The van der Waals surface area contributed by atoms with E-state index in [0.29, 0.717) is 13.1 Å². The number of nitrogens with one attached hydrogen (secondary N) is 1. The van der Waals surface area contributed by atoms with Crippen LogP contribution >= 0.6 is 0 Å². The van der Waals surface area contributed by atoms with Gasteiger partial charge in [-0.1, -0.05) is 81.4 Å². The molecule has 0 radical (unpaired) electrons. The molecule has 0 unspecified atom stereocenters. The molecule has 0 spiro atoms. The second-order valence-electron chi connectivity index (χ2n) is 8.57. The Balaban J connectivity index is 1.63. The van der Waals surface area contributed by atoms with Gasteiger partial charge in [0, 0.05) is 31.6 Å². The molecule has 3 rings (SSSR count). The highest BCUT2D eigenvalue weighted by Crippen LogP contribution is 2.29. The number of piperazine rings is 1. The summed E-state index contributed by atoms with van der Waals surface area (Å²) < 4.78 is 0. The Morgan fingerprint density at radius 2 is 1.34 bits per heavy atom. The summed E-state index contributed by atoms with van der Waals surface area (Å²) in [5, 5.41) is 2.76. The smallest absolute Gasteiger partial charge is 0.242 e. The number of benzene rings is 2. The number of carbonyl (C=O) groups excluding carboxylic acids is 2. The molecule has 154 valence electrons. The third kappa shape index (κ3) is 5.45. The van der Waals surface area contributed by atoms with E-state index >= 15 is 0 Å². The number of amides is 2. The quantitative estimate of drug-likeness (QED) is 0.849. The van der Waals surface area contributed by atoms with Crippen molar-refractivity contribution in [2.24, 2.45) is 5.41 Å². The molecular formula is C24H31N3O2. The number of hydrogen-bond donors (Lipinski definition) is 1. The Hall–Kier alpha value is -2.66. The van der Waals surface area contributed by atoms with E-state index in [0.717, 1.165) is 13.1 Å². The van der Waals surface area contributed by atoms with Crippen LogP contribution in [-0.4, -0.2) is 54.3 Å². The molecule has 0 aromatic heterocycles. The summed E-state index contributed by atoms with van der Waals surface area (Å²) in [4.78, 5) is 28.8. The Morgan fingerprint density at radius 1 is 0.862 bits per heavy atom. The third-order valence-corrected chi connectivity index (χ3v) is 5.34. The van der Waals surface area contributed by atoms with Crippen molar-refractivity contribution in [3.63, 3.8) is 0 Å². The monoisotopic (exact) mass is 393 g/mol. The molecule has 1 saturated heterocycles. The first-order chi connectivity index (χ1) is 13.9. The van der Waals surface area contributed by atoms with E-state index in [4.69, 9.17) is 0 Å². The zero-order valence-corrected chi connectivity index (χ0v) is 17.6. The van der Waals surface area contributed by atoms with Gasteiger partial charge >= 0.3 is 0 Å². The maximum atomic E-state index is 12.5. The van der Waals surface area contributed by atoms with Gasteiger partial charge in [0.15, 0.2) is 0 Å². The van der Waals surface area contributed by atoms with Crippen molar-refractivity contribution >= 4 is 11.8 Å². The second-order valence-corrected chi connectivity index (χ2v) is 8.57. The van der Waals surface area contributed by atoms with E-state index < -0.39 is 5.41 Å². The van der Waals surface area contributed by atoms with Gasteiger partial charge in [-0.15, -0.1) is 0 Å². The van der Waals surface area contributed by atoms with Crippen molar-refractivity contribution in [2.45, 2.75) is 26.8 Å². The van der Waals surface area contributed by atoms with Crippen LogP contribution in [0.4, 0.5) is 0 Å². The lowest BCUT2D eigenvalue weighted by Gasteiger charge is -2.40. The number of nitrogens with zero attached hydrogens (tertiary/aromatic N) is 2. The molecule has 1 aliphatic rings. The molecule has 5 heteroatoms. The lowest BCUT2D eigenvalue weighted by molar-refractivity contribution is -0.136. The van der Waals surface area contributed by atoms with Gasteiger partial charge in [0.25, 0.3) is 0 Å². The van der Waals surface area contributed by atoms with Crippen LogP contribution in [0.3, 0.4) is 0 Å². The fraction of sp³-hybridized carbons (Fsp3) is 0.417. The average Bonchev–Trinajstić information content (AvgIpc) is 2.73. The van der Waals surface area contributed by atoms with Crippen molar-refractivity contribution in [1.29, 1.82) is 0 Å². The molecule has 5 nitrogen and oxygen atoms in total. The molecule has 1 N–H and O–H groups in total. The molecule has 0 saturated carbocycles. The Bertz CT molecular complexity index is 768. The Kier molecular flexibility index (Phi) is 6.70. The first kappa shape index (κ1) is 21.1. The van der Waals surface area contributed by atoms with Gasteiger partial charge in [0.2, 0.25) is 11.8 Å². The van der Waals surface area contributed by atoms with Gasteiger partial charge in [0.05, 0.1) is 12.6 Å². The van der Waals surface area contributed by atoms with Crippen LogP contribution in [0.5, 0.6) is 0 Å². The van der Waals surface area contributed by atoms with E-state index in [-0.39, 0.29) is 24.4 Å². The van der Waals surface area contributed by atoms with Crippen LogP contribution in [0.1, 0.15) is 37.9 Å². The molecule has 2 aromatic rings. The first-order valence-corrected chi connectivity index (χ1v) is 10.3. The standard InChI is InChI=1S/C24H31N3O2/c1-24(2,3)23(29)25-18-21(28)26-14-16-27(17-15-26)22(19-10-6-4-7-11-19)20-12-8-5-9-13-20/h4-13,22H,14-18H2,1-3H3,(H,25,29). The number of hydrogen-bond acceptors (Lipinski definition) is 3. The zero-order valence-electron chi connectivity index (χ0n) is 17.6. The van der Waals surface area contributed by atoms with Crippen LogP contribution in [0.25, 0.3) is 0 Å². The highest BCUT2D eigenvalue weighted by atomic mass is 16.2. The summed E-state index contributed by atoms with van der Waals surface area (Å²) in [6, 6.07) is 21.2. The highest BCUT2D eigenvalue weighted by molar-refractivity contribution is 5.87. The molecule has 0 aliphatic carbocycles. The maximum Gasteiger partial charge on any atom is 0.242 e. The van der Waals surface area contributed by atoms with Crippen LogP contribution in [0.2, 0.25) is 0 Å². The van der Waals surface area contributed by atoms with Gasteiger partial charge < -0.3 is 10.2 Å². The summed E-state index contributed by atoms with van der Waals surface area (Å²) >= 11 is 0. The minimum Gasteiger partial charge on any atom is -0.347 e. The summed E-state index contributed by atoms with van der Waals surface area (Å²) in [6.07, 6.45) is 0. The Labute approximate surface area is 173 Å². The van der Waals surface area contributed by atoms with Crippen molar-refractivity contribution in [1.82, 2.24) is 15.1 Å². The topological polar surface area (TPSA) is 52.7 Å². The van der Waals surface area contributed by atoms with E-state index in [1.165, 1.54) is 11.1 Å². The normalized spacial score (nSPS) is 15.4. The van der Waals surface area contributed by atoms with Crippen LogP contribution in [-0.2, 0) is 9.59 Å². The average molecular weight is 394 g/mol. The van der Waals surface area contributed by atoms with Gasteiger partial charge in [-0.2, -0.15) is 0 Å². The molecular weight excluding hydrogens is 362 g/mol. The predicted molar refractivity (Wildman–Crippen MR) is 115 cm³/mol. The van der Waals surface area contributed by atoms with Crippen LogP contribution in [0.15, 0.2) is 60.7 Å². The van der Waals surface area contributed by atoms with Crippen molar-refractivity contribution in [2.75, 3.05) is 32.7 Å². The minimum atomic E-state index is -0.489. The molecule has 29 heavy (non-hydrogen) atoms. The zero-order chi connectivity index (χ0) is 20.9. The molecule has 1 heterocycles. The van der Waals surface area contributed by atoms with E-state index in [9.17, 15) is 9.59 Å². The van der Waals surface area contributed by atoms with Gasteiger partial charge in [-0.05, 0) is 11.1 Å². The molecule has 1 aliphatic heterocycles. The van der Waals surface area contributed by atoms with E-state index in [1.807, 2.05) is 37.8 Å². The van der Waals surface area contributed by atoms with Crippen molar-refractivity contribution in [3.8, 4) is 0 Å². The molecule has 2 aromatic carbocycles. The first-order valence-electron chi connectivity index (χ1n) is 10.3. The summed E-state index contributed by atoms with van der Waals surface area (Å²) in [5.41, 5.74) is 2.03. The third-order valence-electron chi connectivity index (χ3n) is 5.34. The van der Waals surface area contributed by atoms with Gasteiger partial charge in [-0.25, -0.2) is 0 Å². The van der Waals surface area contributed by atoms with Crippen LogP contribution < -0.4 is 5.32 Å². The summed E-state index contributed by atoms with van der Waals surface area (Å²) in [5.74, 6) is -0.115. The summed E-state index contributed by atoms with van der Waals surface area (Å²) in [7, 11) is 0. The van der Waals surface area contributed by atoms with Crippen LogP contribution in [0, 0.1) is 5.41 Å². The molecule has 0 bridgehead atoms. The fourth-order valence-electron chi connectivity index (χ4n) is 3.65. The fourth-order valence-corrected chi connectivity index (χ4v) is 3.65. The van der Waals surface area contributed by atoms with Crippen molar-refractivity contribution in [3.05, 3.63) is 71.8 Å². The van der Waals surface area contributed by atoms with E-state index in [2.05, 4.69) is 58.7 Å². The lowest BCUT2D eigenvalue weighted by atomic mass is 9.96. The predicted octanol–water partition coefficient (Wildman–Crippen LogP) is 3.08. The maximum absolute atomic E-state index is 12.5. The molecule has 0 atom stereocenters. The second kappa shape index (κ2) is 9.23. The molecule has 1 fully saturated rings. The lowest BCUT2D eigenvalue weighted by Crippen LogP contribution is -2.52. The SMILES string of the molecule is CC(C)(C)C(=O)NCC(=O)N1CCN(C(c2ccccc2)c2ccccc2)CC1. The number of rotatable bonds is 5. The molecule has 2 amide bonds. The minimum absolute atomic E-state index is 0.0155. The van der Waals surface area contributed by atoms with Gasteiger partial charge in [0.1, 0.15) is 0 Å². The van der Waals surface area contributed by atoms with Gasteiger partial charge in [-0.3, -0.25) is 14.5 Å². The number of carbonyl (C=O) groups is 2. The van der Waals surface area contributed by atoms with Crippen molar-refractivity contribution < 1.29 is 9.59 Å². The summed E-state index contributed by atoms with van der Waals surface area (Å²) in [6.45, 7) is 8.54. The Morgan fingerprint density at radius 3 is 1.79 bits per heavy atom.